The SMILES string of the molecule is C=C(CN(CCOC)CC(C)C)[B-](F)(F)F.[K+]. The monoisotopic (exact) mass is 277 g/mol. The van der Waals surface area contributed by atoms with E-state index in [1.807, 2.05) is 13.8 Å². The summed E-state index contributed by atoms with van der Waals surface area (Å²) in [6, 6.07) is 0. The Kier molecular flexibility index (Phi) is 12.0. The molecule has 0 radical (unpaired) electrons. The van der Waals surface area contributed by atoms with Crippen LogP contribution >= 0.6 is 0 Å². The molecule has 0 aliphatic carbocycles. The second kappa shape index (κ2) is 10.0. The molecule has 0 atom stereocenters. The second-order valence-corrected chi connectivity index (χ2v) is 4.35. The second-order valence-electron chi connectivity index (χ2n) is 4.35. The number of hydrogen-bond acceptors (Lipinski definition) is 2. The van der Waals surface area contributed by atoms with E-state index in [9.17, 15) is 12.9 Å². The number of halogens is 3. The van der Waals surface area contributed by atoms with Gasteiger partial charge in [-0.1, -0.05) is 13.8 Å². The fourth-order valence-corrected chi connectivity index (χ4v) is 1.36. The molecule has 0 heterocycles. The molecule has 0 N–H and O–H groups in total. The molecule has 0 bridgehead atoms. The first-order chi connectivity index (χ1) is 7.27. The van der Waals surface area contributed by atoms with Gasteiger partial charge in [-0.2, -0.15) is 0 Å². The summed E-state index contributed by atoms with van der Waals surface area (Å²) in [5.41, 5.74) is -0.642. The largest absolute Gasteiger partial charge is 1.00 e. The van der Waals surface area contributed by atoms with Crippen LogP contribution in [-0.2, 0) is 4.74 Å². The fourth-order valence-electron chi connectivity index (χ4n) is 1.36. The predicted molar refractivity (Wildman–Crippen MR) is 61.4 cm³/mol. The summed E-state index contributed by atoms with van der Waals surface area (Å²) in [5, 5.41) is 0. The Morgan fingerprint density at radius 1 is 1.35 bits per heavy atom. The van der Waals surface area contributed by atoms with Crippen LogP contribution in [0.5, 0.6) is 0 Å². The van der Waals surface area contributed by atoms with Crippen molar-refractivity contribution in [3.63, 3.8) is 0 Å². The molecular formula is C10H20BF3KNO. The van der Waals surface area contributed by atoms with Gasteiger partial charge in [-0.3, -0.25) is 4.90 Å². The minimum atomic E-state index is -4.93. The molecule has 0 saturated carbocycles. The molecule has 0 saturated heterocycles. The van der Waals surface area contributed by atoms with Gasteiger partial charge in [0.2, 0.25) is 0 Å². The maximum absolute atomic E-state index is 12.4. The predicted octanol–water partition coefficient (Wildman–Crippen LogP) is -0.462. The maximum Gasteiger partial charge on any atom is 1.00 e. The third kappa shape index (κ3) is 10.7. The Balaban J connectivity index is 0. The van der Waals surface area contributed by atoms with Crippen molar-refractivity contribution in [3.05, 3.63) is 12.1 Å². The first-order valence-corrected chi connectivity index (χ1v) is 5.36. The third-order valence-corrected chi connectivity index (χ3v) is 2.12. The molecular weight excluding hydrogens is 257 g/mol. The molecule has 7 heteroatoms. The van der Waals surface area contributed by atoms with Gasteiger partial charge in [-0.25, -0.2) is 0 Å². The van der Waals surface area contributed by atoms with Crippen molar-refractivity contribution >= 4 is 6.98 Å². The van der Waals surface area contributed by atoms with Gasteiger partial charge in [0, 0.05) is 20.2 Å². The topological polar surface area (TPSA) is 12.5 Å². The normalized spacial score (nSPS) is 11.8. The molecule has 2 nitrogen and oxygen atoms in total. The molecule has 0 unspecified atom stereocenters. The molecule has 0 aromatic heterocycles. The first kappa shape index (κ1) is 20.5. The van der Waals surface area contributed by atoms with Gasteiger partial charge >= 0.3 is 58.4 Å². The number of hydrogen-bond donors (Lipinski definition) is 0. The average molecular weight is 277 g/mol. The number of nitrogens with zero attached hydrogens (tertiary/aromatic N) is 1. The van der Waals surface area contributed by atoms with Crippen LogP contribution in [-0.4, -0.2) is 45.2 Å². The Morgan fingerprint density at radius 3 is 2.24 bits per heavy atom. The van der Waals surface area contributed by atoms with Gasteiger partial charge in [0.25, 0.3) is 0 Å². The van der Waals surface area contributed by atoms with Crippen LogP contribution in [0.1, 0.15) is 13.8 Å². The van der Waals surface area contributed by atoms with Gasteiger partial charge in [-0.05, 0) is 12.5 Å². The molecule has 0 aromatic rings. The number of methoxy groups -OCH3 is 1. The zero-order valence-electron chi connectivity index (χ0n) is 11.2. The van der Waals surface area contributed by atoms with Crippen molar-refractivity contribution in [2.24, 2.45) is 5.92 Å². The van der Waals surface area contributed by atoms with Crippen LogP contribution in [0.15, 0.2) is 12.1 Å². The van der Waals surface area contributed by atoms with Gasteiger partial charge in [-0.15, -0.1) is 12.1 Å². The van der Waals surface area contributed by atoms with Crippen LogP contribution in [0.3, 0.4) is 0 Å². The molecule has 0 aliphatic rings. The minimum Gasteiger partial charge on any atom is -0.445 e. The number of rotatable bonds is 8. The number of ether oxygens (including phenoxy) is 1. The van der Waals surface area contributed by atoms with E-state index < -0.39 is 12.4 Å². The summed E-state index contributed by atoms with van der Waals surface area (Å²) in [6.45, 7) is 3.56. The van der Waals surface area contributed by atoms with Crippen LogP contribution in [0.2, 0.25) is 0 Å². The third-order valence-electron chi connectivity index (χ3n) is 2.12. The Bertz CT molecular complexity index is 224. The van der Waals surface area contributed by atoms with Crippen LogP contribution in [0, 0.1) is 5.92 Å². The first-order valence-electron chi connectivity index (χ1n) is 5.36. The zero-order valence-corrected chi connectivity index (χ0v) is 14.3. The Morgan fingerprint density at radius 2 is 1.88 bits per heavy atom. The molecule has 0 spiro atoms. The fraction of sp³-hybridized carbons (Fsp3) is 0.800. The van der Waals surface area contributed by atoms with E-state index >= 15 is 0 Å². The summed E-state index contributed by atoms with van der Waals surface area (Å²) in [5.74, 6) is 0.324. The summed E-state index contributed by atoms with van der Waals surface area (Å²) < 4.78 is 42.0. The van der Waals surface area contributed by atoms with Crippen molar-refractivity contribution in [3.8, 4) is 0 Å². The molecule has 96 valence electrons. The van der Waals surface area contributed by atoms with Gasteiger partial charge in [0.05, 0.1) is 6.61 Å². The Hall–Kier alpha value is 1.15. The van der Waals surface area contributed by atoms with Crippen molar-refractivity contribution in [1.29, 1.82) is 0 Å². The summed E-state index contributed by atoms with van der Waals surface area (Å²) in [4.78, 5) is 1.73. The summed E-state index contributed by atoms with van der Waals surface area (Å²) >= 11 is 0. The van der Waals surface area contributed by atoms with Crippen molar-refractivity contribution < 1.29 is 69.1 Å². The van der Waals surface area contributed by atoms with E-state index in [2.05, 4.69) is 6.58 Å². The summed E-state index contributed by atoms with van der Waals surface area (Å²) in [7, 11) is 1.54. The van der Waals surface area contributed by atoms with E-state index in [4.69, 9.17) is 4.74 Å². The van der Waals surface area contributed by atoms with Crippen LogP contribution in [0.25, 0.3) is 0 Å². The van der Waals surface area contributed by atoms with E-state index in [1.165, 1.54) is 7.11 Å². The molecule has 0 amide bonds. The molecule has 17 heavy (non-hydrogen) atoms. The quantitative estimate of drug-likeness (QED) is 0.557. The molecule has 0 rings (SSSR count). The van der Waals surface area contributed by atoms with E-state index in [0.717, 1.165) is 0 Å². The van der Waals surface area contributed by atoms with E-state index in [1.54, 1.807) is 4.90 Å². The van der Waals surface area contributed by atoms with E-state index in [0.29, 0.717) is 25.6 Å². The molecule has 0 fully saturated rings. The van der Waals surface area contributed by atoms with E-state index in [-0.39, 0.29) is 57.9 Å². The van der Waals surface area contributed by atoms with Crippen molar-refractivity contribution in [2.75, 3.05) is 33.4 Å². The molecule has 0 aliphatic heterocycles. The van der Waals surface area contributed by atoms with Crippen LogP contribution < -0.4 is 51.4 Å². The summed E-state index contributed by atoms with van der Waals surface area (Å²) in [6.07, 6.45) is 0. The van der Waals surface area contributed by atoms with Crippen molar-refractivity contribution in [1.82, 2.24) is 4.90 Å². The zero-order chi connectivity index (χ0) is 12.8. The Labute approximate surface area is 144 Å². The minimum absolute atomic E-state index is 0. The van der Waals surface area contributed by atoms with Crippen LogP contribution in [0.4, 0.5) is 12.9 Å². The van der Waals surface area contributed by atoms with Crippen molar-refractivity contribution in [2.45, 2.75) is 13.8 Å². The van der Waals surface area contributed by atoms with Gasteiger partial charge < -0.3 is 17.7 Å². The maximum atomic E-state index is 12.4. The van der Waals surface area contributed by atoms with Gasteiger partial charge in [0.15, 0.2) is 0 Å². The average Bonchev–Trinajstić information content (AvgIpc) is 2.11. The molecule has 0 aromatic carbocycles. The smallest absolute Gasteiger partial charge is 0.445 e. The van der Waals surface area contributed by atoms with Gasteiger partial charge in [0.1, 0.15) is 0 Å². The standard InChI is InChI=1S/C10H20BF3NO.K/c1-9(2)7-15(5-6-16-4)8-10(3)11(12,13)14;/h9H,3,5-8H2,1-2,4H3;/q-1;+1.